The van der Waals surface area contributed by atoms with Gasteiger partial charge >= 0.3 is 0 Å². The third kappa shape index (κ3) is 4.67. The molecule has 2 unspecified atom stereocenters. The number of unbranched alkanes of at least 4 members (excludes halogenated alkanes) is 1. The predicted molar refractivity (Wildman–Crippen MR) is 74.9 cm³/mol. The average Bonchev–Trinajstić information content (AvgIpc) is 2.39. The molecule has 2 N–H and O–H groups in total. The molecule has 3 heteroatoms. The molecule has 0 heterocycles. The second-order valence-electron chi connectivity index (χ2n) is 4.54. The van der Waals surface area contributed by atoms with Crippen molar-refractivity contribution < 1.29 is 9.84 Å². The number of hydrogen-bond donors (Lipinski definition) is 2. The van der Waals surface area contributed by atoms with E-state index in [1.54, 1.807) is 0 Å². The minimum absolute atomic E-state index is 0.0643. The highest BCUT2D eigenvalue weighted by molar-refractivity contribution is 5.29. The van der Waals surface area contributed by atoms with Crippen molar-refractivity contribution in [3.63, 3.8) is 0 Å². The van der Waals surface area contributed by atoms with E-state index in [1.165, 1.54) is 6.42 Å². The van der Waals surface area contributed by atoms with E-state index >= 15 is 0 Å². The van der Waals surface area contributed by atoms with Gasteiger partial charge in [0, 0.05) is 6.04 Å². The van der Waals surface area contributed by atoms with Crippen molar-refractivity contribution in [1.29, 1.82) is 0 Å². The second kappa shape index (κ2) is 8.11. The fourth-order valence-electron chi connectivity index (χ4n) is 1.83. The monoisotopic (exact) mass is 251 g/mol. The largest absolute Gasteiger partial charge is 0.494 e. The van der Waals surface area contributed by atoms with Gasteiger partial charge in [0.05, 0.1) is 12.7 Å². The third-order valence-electron chi connectivity index (χ3n) is 3.00. The SMILES string of the molecule is CCCCNC(C)C(O)c1ccc(OCC)cc1. The summed E-state index contributed by atoms with van der Waals surface area (Å²) in [6.45, 7) is 7.75. The maximum Gasteiger partial charge on any atom is 0.119 e. The molecule has 18 heavy (non-hydrogen) atoms. The van der Waals surface area contributed by atoms with Crippen LogP contribution in [0.1, 0.15) is 45.3 Å². The molecular formula is C15H25NO2. The lowest BCUT2D eigenvalue weighted by atomic mass is 10.0. The maximum atomic E-state index is 10.2. The molecule has 0 spiro atoms. The van der Waals surface area contributed by atoms with Gasteiger partial charge in [-0.3, -0.25) is 0 Å². The van der Waals surface area contributed by atoms with E-state index in [2.05, 4.69) is 12.2 Å². The molecule has 0 aromatic heterocycles. The van der Waals surface area contributed by atoms with Crippen LogP contribution in [0.15, 0.2) is 24.3 Å². The Morgan fingerprint density at radius 3 is 2.44 bits per heavy atom. The molecule has 0 fully saturated rings. The van der Waals surface area contributed by atoms with Crippen LogP contribution in [0.5, 0.6) is 5.75 Å². The number of hydrogen-bond acceptors (Lipinski definition) is 3. The van der Waals surface area contributed by atoms with E-state index in [-0.39, 0.29) is 6.04 Å². The number of aliphatic hydroxyl groups excluding tert-OH is 1. The van der Waals surface area contributed by atoms with E-state index in [9.17, 15) is 5.11 Å². The van der Waals surface area contributed by atoms with Crippen molar-refractivity contribution in [2.45, 2.75) is 45.8 Å². The Morgan fingerprint density at radius 1 is 1.22 bits per heavy atom. The molecule has 0 saturated heterocycles. The van der Waals surface area contributed by atoms with E-state index in [4.69, 9.17) is 4.74 Å². The Bertz CT molecular complexity index is 324. The highest BCUT2D eigenvalue weighted by Crippen LogP contribution is 2.20. The van der Waals surface area contributed by atoms with Gasteiger partial charge in [0.15, 0.2) is 0 Å². The van der Waals surface area contributed by atoms with E-state index in [0.717, 1.165) is 24.3 Å². The molecule has 0 amide bonds. The van der Waals surface area contributed by atoms with E-state index in [1.807, 2.05) is 38.1 Å². The van der Waals surface area contributed by atoms with Gasteiger partial charge in [-0.15, -0.1) is 0 Å². The molecule has 1 rings (SSSR count). The quantitative estimate of drug-likeness (QED) is 0.698. The number of rotatable bonds is 8. The van der Waals surface area contributed by atoms with Gasteiger partial charge in [-0.05, 0) is 44.5 Å². The first-order chi connectivity index (χ1) is 8.69. The van der Waals surface area contributed by atoms with Crippen molar-refractivity contribution in [3.8, 4) is 5.75 Å². The minimum atomic E-state index is -0.475. The van der Waals surface area contributed by atoms with Gasteiger partial charge in [0.1, 0.15) is 5.75 Å². The number of nitrogens with one attached hydrogen (secondary N) is 1. The van der Waals surface area contributed by atoms with Crippen LogP contribution in [0.4, 0.5) is 0 Å². The van der Waals surface area contributed by atoms with Crippen LogP contribution >= 0.6 is 0 Å². The van der Waals surface area contributed by atoms with Crippen molar-refractivity contribution in [2.75, 3.05) is 13.2 Å². The molecule has 0 bridgehead atoms. The Hall–Kier alpha value is -1.06. The smallest absolute Gasteiger partial charge is 0.119 e. The summed E-state index contributed by atoms with van der Waals surface area (Å²) >= 11 is 0. The first-order valence-electron chi connectivity index (χ1n) is 6.83. The van der Waals surface area contributed by atoms with E-state index in [0.29, 0.717) is 6.61 Å². The van der Waals surface area contributed by atoms with Gasteiger partial charge in [-0.25, -0.2) is 0 Å². The first kappa shape index (κ1) is 15.0. The first-order valence-corrected chi connectivity index (χ1v) is 6.83. The van der Waals surface area contributed by atoms with Gasteiger partial charge in [0.2, 0.25) is 0 Å². The van der Waals surface area contributed by atoms with Gasteiger partial charge in [-0.2, -0.15) is 0 Å². The molecule has 0 saturated carbocycles. The summed E-state index contributed by atoms with van der Waals surface area (Å²) < 4.78 is 5.38. The molecule has 2 atom stereocenters. The summed E-state index contributed by atoms with van der Waals surface area (Å²) in [7, 11) is 0. The summed E-state index contributed by atoms with van der Waals surface area (Å²) in [6, 6.07) is 7.72. The lowest BCUT2D eigenvalue weighted by Crippen LogP contribution is -2.32. The van der Waals surface area contributed by atoms with Crippen LogP contribution < -0.4 is 10.1 Å². The Kier molecular flexibility index (Phi) is 6.76. The highest BCUT2D eigenvalue weighted by Gasteiger charge is 2.15. The van der Waals surface area contributed by atoms with Crippen LogP contribution in [0.2, 0.25) is 0 Å². The lowest BCUT2D eigenvalue weighted by Gasteiger charge is -2.20. The third-order valence-corrected chi connectivity index (χ3v) is 3.00. The van der Waals surface area contributed by atoms with Gasteiger partial charge in [0.25, 0.3) is 0 Å². The fraction of sp³-hybridized carbons (Fsp3) is 0.600. The summed E-state index contributed by atoms with van der Waals surface area (Å²) in [5.41, 5.74) is 0.926. The molecule has 0 aliphatic carbocycles. The lowest BCUT2D eigenvalue weighted by molar-refractivity contribution is 0.136. The number of benzene rings is 1. The topological polar surface area (TPSA) is 41.5 Å². The Labute approximate surface area is 110 Å². The summed E-state index contributed by atoms with van der Waals surface area (Å²) in [5.74, 6) is 0.847. The zero-order valence-corrected chi connectivity index (χ0v) is 11.6. The average molecular weight is 251 g/mol. The van der Waals surface area contributed by atoms with Gasteiger partial charge < -0.3 is 15.2 Å². The van der Waals surface area contributed by atoms with Crippen LogP contribution in [-0.4, -0.2) is 24.3 Å². The maximum absolute atomic E-state index is 10.2. The fourth-order valence-corrected chi connectivity index (χ4v) is 1.83. The number of aliphatic hydroxyl groups is 1. The summed E-state index contributed by atoms with van der Waals surface area (Å²) in [4.78, 5) is 0. The van der Waals surface area contributed by atoms with Crippen LogP contribution in [0, 0.1) is 0 Å². The molecule has 1 aromatic rings. The molecule has 3 nitrogen and oxygen atoms in total. The molecule has 1 aromatic carbocycles. The highest BCUT2D eigenvalue weighted by atomic mass is 16.5. The zero-order chi connectivity index (χ0) is 13.4. The van der Waals surface area contributed by atoms with Crippen molar-refractivity contribution >= 4 is 0 Å². The standard InChI is InChI=1S/C15H25NO2/c1-4-6-11-16-12(3)15(17)13-7-9-14(10-8-13)18-5-2/h7-10,12,15-17H,4-6,11H2,1-3H3. The summed E-state index contributed by atoms with van der Waals surface area (Å²) in [5, 5.41) is 13.5. The molecule has 102 valence electrons. The zero-order valence-electron chi connectivity index (χ0n) is 11.6. The Balaban J connectivity index is 2.51. The van der Waals surface area contributed by atoms with Crippen LogP contribution in [0.25, 0.3) is 0 Å². The molecule has 0 radical (unpaired) electrons. The van der Waals surface area contributed by atoms with Crippen molar-refractivity contribution in [3.05, 3.63) is 29.8 Å². The van der Waals surface area contributed by atoms with Crippen LogP contribution in [0.3, 0.4) is 0 Å². The Morgan fingerprint density at radius 2 is 1.89 bits per heavy atom. The molecule has 0 aliphatic rings. The molecular weight excluding hydrogens is 226 g/mol. The summed E-state index contributed by atoms with van der Waals surface area (Å²) in [6.07, 6.45) is 1.83. The van der Waals surface area contributed by atoms with Crippen LogP contribution in [-0.2, 0) is 0 Å². The van der Waals surface area contributed by atoms with Crippen molar-refractivity contribution in [2.24, 2.45) is 0 Å². The van der Waals surface area contributed by atoms with Crippen molar-refractivity contribution in [1.82, 2.24) is 5.32 Å². The minimum Gasteiger partial charge on any atom is -0.494 e. The van der Waals surface area contributed by atoms with E-state index < -0.39 is 6.10 Å². The number of ether oxygens (including phenoxy) is 1. The van der Waals surface area contributed by atoms with Gasteiger partial charge in [-0.1, -0.05) is 25.5 Å². The predicted octanol–water partition coefficient (Wildman–Crippen LogP) is 2.90. The normalized spacial score (nSPS) is 14.2. The second-order valence-corrected chi connectivity index (χ2v) is 4.54. The molecule has 0 aliphatic heterocycles.